The maximum atomic E-state index is 14.9. The van der Waals surface area contributed by atoms with Gasteiger partial charge in [0, 0.05) is 11.8 Å². The quantitative estimate of drug-likeness (QED) is 0.530. The number of rotatable bonds is 4. The number of para-hydroxylation sites is 1. The molecular weight excluding hydrogens is 389 g/mol. The first-order chi connectivity index (χ1) is 14.9. The van der Waals surface area contributed by atoms with Gasteiger partial charge in [-0.15, -0.1) is 0 Å². The number of aliphatic hydroxyl groups is 1. The highest BCUT2D eigenvalue weighted by atomic mass is 19.1. The van der Waals surface area contributed by atoms with Crippen molar-refractivity contribution in [1.29, 1.82) is 0 Å². The molecule has 4 nitrogen and oxygen atoms in total. The van der Waals surface area contributed by atoms with Crippen molar-refractivity contribution in [2.24, 2.45) is 28.7 Å². The van der Waals surface area contributed by atoms with Crippen LogP contribution in [-0.2, 0) is 6.42 Å². The van der Waals surface area contributed by atoms with Gasteiger partial charge in [0.05, 0.1) is 28.5 Å². The van der Waals surface area contributed by atoms with E-state index < -0.39 is 0 Å². The molecule has 2 N–H and O–H groups in total. The minimum atomic E-state index is -0.357. The topological polar surface area (TPSA) is 61.3 Å². The molecule has 5 rings (SSSR count). The predicted octanol–water partition coefficient (Wildman–Crippen LogP) is 5.74. The van der Waals surface area contributed by atoms with E-state index in [2.05, 4.69) is 28.0 Å². The Morgan fingerprint density at radius 2 is 2.06 bits per heavy atom. The van der Waals surface area contributed by atoms with Crippen LogP contribution < -0.4 is 0 Å². The summed E-state index contributed by atoms with van der Waals surface area (Å²) in [6, 6.07) is 11.4. The van der Waals surface area contributed by atoms with Crippen LogP contribution in [0.2, 0.25) is 0 Å². The molecule has 2 aliphatic rings. The normalized spacial score (nSPS) is 28.4. The highest BCUT2D eigenvalue weighted by molar-refractivity contribution is 6.00. The van der Waals surface area contributed by atoms with Crippen LogP contribution in [0, 0.1) is 36.4 Å². The third-order valence-corrected chi connectivity index (χ3v) is 7.51. The van der Waals surface area contributed by atoms with E-state index in [9.17, 15) is 9.50 Å². The van der Waals surface area contributed by atoms with Gasteiger partial charge in [0.1, 0.15) is 5.69 Å². The number of hydrogen-bond acceptors (Lipinski definition) is 3. The molecule has 31 heavy (non-hydrogen) atoms. The lowest BCUT2D eigenvalue weighted by Gasteiger charge is -2.19. The zero-order chi connectivity index (χ0) is 21.7. The number of halogens is 1. The second-order valence-corrected chi connectivity index (χ2v) is 9.59. The van der Waals surface area contributed by atoms with Crippen LogP contribution in [0.4, 0.5) is 10.1 Å². The van der Waals surface area contributed by atoms with E-state index in [0.717, 1.165) is 53.7 Å². The van der Waals surface area contributed by atoms with Gasteiger partial charge in [-0.3, -0.25) is 4.99 Å². The number of aryl methyl sites for hydroxylation is 1. The Kier molecular flexibility index (Phi) is 5.17. The van der Waals surface area contributed by atoms with Crippen LogP contribution in [0.15, 0.2) is 41.4 Å². The van der Waals surface area contributed by atoms with Gasteiger partial charge in [0.25, 0.3) is 0 Å². The molecule has 2 heterocycles. The number of aromatic amines is 1. The van der Waals surface area contributed by atoms with Gasteiger partial charge in [-0.2, -0.15) is 0 Å². The monoisotopic (exact) mass is 419 g/mol. The molecule has 0 amide bonds. The van der Waals surface area contributed by atoms with Crippen LogP contribution in [-0.4, -0.2) is 26.9 Å². The van der Waals surface area contributed by atoms with E-state index in [1.165, 1.54) is 6.07 Å². The standard InChI is InChI=1S/C26H30FN3O/c1-14-6-4-5-7-21(14)28-16(3)26-20(27)13-23-22(30-26)12-18(29-23)11-17-10-15(2)25-19(17)8-9-24(25)31/h4-7,12-13,15,17,19,24-25,29,31H,8-11H2,1-3H3. The number of H-pyrrole nitrogens is 1. The van der Waals surface area contributed by atoms with Crippen molar-refractivity contribution in [3.8, 4) is 0 Å². The van der Waals surface area contributed by atoms with Crippen LogP contribution in [0.25, 0.3) is 11.0 Å². The third kappa shape index (κ3) is 3.69. The minimum Gasteiger partial charge on any atom is -0.393 e. The van der Waals surface area contributed by atoms with E-state index in [1.807, 2.05) is 38.1 Å². The summed E-state index contributed by atoms with van der Waals surface area (Å²) in [5.41, 5.74) is 5.37. The molecule has 5 unspecified atom stereocenters. The molecule has 0 bridgehead atoms. The number of aliphatic imine (C=N–C) groups is 1. The molecular formula is C26H30FN3O. The fourth-order valence-electron chi connectivity index (χ4n) is 6.08. The number of pyridine rings is 1. The summed E-state index contributed by atoms with van der Waals surface area (Å²) in [7, 11) is 0. The van der Waals surface area contributed by atoms with Gasteiger partial charge in [0.15, 0.2) is 5.82 Å². The number of benzene rings is 1. The Hall–Kier alpha value is -2.53. The van der Waals surface area contributed by atoms with Crippen LogP contribution in [0.3, 0.4) is 0 Å². The van der Waals surface area contributed by atoms with Gasteiger partial charge < -0.3 is 10.1 Å². The van der Waals surface area contributed by atoms with Crippen molar-refractivity contribution in [1.82, 2.24) is 9.97 Å². The number of nitrogens with zero attached hydrogens (tertiary/aromatic N) is 2. The molecule has 5 atom stereocenters. The Morgan fingerprint density at radius 1 is 1.26 bits per heavy atom. The van der Waals surface area contributed by atoms with E-state index in [-0.39, 0.29) is 11.9 Å². The molecule has 0 radical (unpaired) electrons. The zero-order valence-electron chi connectivity index (χ0n) is 18.4. The van der Waals surface area contributed by atoms with Gasteiger partial charge in [0.2, 0.25) is 0 Å². The minimum absolute atomic E-state index is 0.137. The van der Waals surface area contributed by atoms with Gasteiger partial charge in [-0.25, -0.2) is 9.37 Å². The van der Waals surface area contributed by atoms with Gasteiger partial charge in [-0.05, 0) is 80.9 Å². The number of aromatic nitrogens is 2. The largest absolute Gasteiger partial charge is 0.393 e. The molecule has 0 aliphatic heterocycles. The molecule has 0 spiro atoms. The molecule has 1 aromatic carbocycles. The average molecular weight is 420 g/mol. The molecule has 162 valence electrons. The highest BCUT2D eigenvalue weighted by Crippen LogP contribution is 2.51. The number of aliphatic hydroxyl groups excluding tert-OH is 1. The van der Waals surface area contributed by atoms with E-state index in [0.29, 0.717) is 35.1 Å². The third-order valence-electron chi connectivity index (χ3n) is 7.51. The second-order valence-electron chi connectivity index (χ2n) is 9.59. The Balaban J connectivity index is 1.42. The van der Waals surface area contributed by atoms with E-state index in [4.69, 9.17) is 0 Å². The lowest BCUT2D eigenvalue weighted by atomic mass is 9.88. The summed E-state index contributed by atoms with van der Waals surface area (Å²) >= 11 is 0. The van der Waals surface area contributed by atoms with Crippen molar-refractivity contribution in [2.45, 2.75) is 52.6 Å². The van der Waals surface area contributed by atoms with Crippen molar-refractivity contribution in [3.05, 3.63) is 59.2 Å². The second kappa shape index (κ2) is 7.86. The first-order valence-electron chi connectivity index (χ1n) is 11.4. The van der Waals surface area contributed by atoms with Crippen LogP contribution in [0.5, 0.6) is 0 Å². The molecule has 0 saturated heterocycles. The SMILES string of the molecule is CC(=Nc1ccccc1C)c1nc2cc(CC3CC(C)C4C(O)CCC34)[nH]c2cc1F. The van der Waals surface area contributed by atoms with Crippen molar-refractivity contribution < 1.29 is 9.50 Å². The fraction of sp³-hybridized carbons (Fsp3) is 0.462. The van der Waals surface area contributed by atoms with E-state index in [1.54, 1.807) is 0 Å². The molecule has 2 aromatic heterocycles. The number of nitrogens with one attached hydrogen (secondary N) is 1. The zero-order valence-corrected chi connectivity index (χ0v) is 18.4. The van der Waals surface area contributed by atoms with Crippen LogP contribution in [0.1, 0.15) is 50.1 Å². The average Bonchev–Trinajstić information content (AvgIpc) is 3.39. The summed E-state index contributed by atoms with van der Waals surface area (Å²) in [6.45, 7) is 6.08. The Morgan fingerprint density at radius 3 is 2.87 bits per heavy atom. The predicted molar refractivity (Wildman–Crippen MR) is 122 cm³/mol. The summed E-state index contributed by atoms with van der Waals surface area (Å²) in [6.07, 6.45) is 3.99. The lowest BCUT2D eigenvalue weighted by Crippen LogP contribution is -2.20. The van der Waals surface area contributed by atoms with Gasteiger partial charge in [-0.1, -0.05) is 25.1 Å². The fourth-order valence-corrected chi connectivity index (χ4v) is 6.08. The van der Waals surface area contributed by atoms with Gasteiger partial charge >= 0.3 is 0 Å². The van der Waals surface area contributed by atoms with Crippen molar-refractivity contribution >= 4 is 22.4 Å². The maximum Gasteiger partial charge on any atom is 0.152 e. The van der Waals surface area contributed by atoms with Crippen LogP contribution >= 0.6 is 0 Å². The molecule has 2 saturated carbocycles. The highest BCUT2D eigenvalue weighted by Gasteiger charge is 2.47. The Bertz CT molecular complexity index is 1150. The molecule has 3 aromatic rings. The number of hydrogen-bond donors (Lipinski definition) is 2. The Labute approximate surface area is 182 Å². The molecule has 2 aliphatic carbocycles. The molecule has 2 fully saturated rings. The maximum absolute atomic E-state index is 14.9. The summed E-state index contributed by atoms with van der Waals surface area (Å²) in [5.74, 6) is 1.82. The summed E-state index contributed by atoms with van der Waals surface area (Å²) < 4.78 is 14.9. The van der Waals surface area contributed by atoms with Crippen molar-refractivity contribution in [3.63, 3.8) is 0 Å². The summed E-state index contributed by atoms with van der Waals surface area (Å²) in [4.78, 5) is 12.6. The van der Waals surface area contributed by atoms with E-state index >= 15 is 0 Å². The summed E-state index contributed by atoms with van der Waals surface area (Å²) in [5, 5.41) is 10.3. The molecule has 5 heteroatoms. The smallest absolute Gasteiger partial charge is 0.152 e. The number of fused-ring (bicyclic) bond motifs is 2. The van der Waals surface area contributed by atoms with Crippen molar-refractivity contribution in [2.75, 3.05) is 0 Å². The first kappa shape index (κ1) is 20.4. The first-order valence-corrected chi connectivity index (χ1v) is 11.4. The lowest BCUT2D eigenvalue weighted by molar-refractivity contribution is 0.103.